The van der Waals surface area contributed by atoms with Crippen LogP contribution < -0.4 is 5.32 Å². The molecule has 0 saturated carbocycles. The number of phenolic OH excluding ortho intramolecular Hbond substituents is 2. The summed E-state index contributed by atoms with van der Waals surface area (Å²) < 4.78 is 4.31. The van der Waals surface area contributed by atoms with E-state index in [9.17, 15) is 14.7 Å². The van der Waals surface area contributed by atoms with Crippen molar-refractivity contribution < 1.29 is 29.6 Å². The monoisotopic (exact) mass is 291 g/mol. The van der Waals surface area contributed by atoms with Crippen LogP contribution >= 0.6 is 12.4 Å². The third kappa shape index (κ3) is 4.92. The number of phenols is 2. The molecule has 1 rings (SSSR count). The van der Waals surface area contributed by atoms with Crippen LogP contribution in [-0.2, 0) is 16.0 Å². The smallest absolute Gasteiger partial charge is 0.407 e. The number of amides is 1. The molecular formula is C11H14ClNO6. The first-order valence-electron chi connectivity index (χ1n) is 5.02. The molecule has 0 radical (unpaired) electrons. The summed E-state index contributed by atoms with van der Waals surface area (Å²) in [5, 5.41) is 29.4. The van der Waals surface area contributed by atoms with Crippen molar-refractivity contribution in [1.29, 1.82) is 0 Å². The second-order valence-corrected chi connectivity index (χ2v) is 3.55. The molecule has 19 heavy (non-hydrogen) atoms. The quantitative estimate of drug-likeness (QED) is 0.612. The molecule has 0 aliphatic carbocycles. The van der Waals surface area contributed by atoms with Gasteiger partial charge >= 0.3 is 12.1 Å². The number of nitrogens with one attached hydrogen (secondary N) is 1. The van der Waals surface area contributed by atoms with E-state index in [1.807, 2.05) is 0 Å². The zero-order chi connectivity index (χ0) is 13.7. The van der Waals surface area contributed by atoms with E-state index in [-0.39, 0.29) is 30.3 Å². The molecule has 0 bridgehead atoms. The number of carbonyl (C=O) groups excluding carboxylic acids is 1. The number of carboxylic acid groups (broad SMARTS) is 1. The van der Waals surface area contributed by atoms with E-state index in [0.717, 1.165) is 7.11 Å². The molecule has 8 heteroatoms. The van der Waals surface area contributed by atoms with Gasteiger partial charge in [0, 0.05) is 6.42 Å². The number of methoxy groups -OCH3 is 1. The minimum atomic E-state index is -1.23. The Kier molecular flexibility index (Phi) is 6.49. The molecule has 1 atom stereocenters. The Hall–Kier alpha value is -2.15. The van der Waals surface area contributed by atoms with Gasteiger partial charge in [-0.2, -0.15) is 0 Å². The molecular weight excluding hydrogens is 278 g/mol. The number of hydrogen-bond acceptors (Lipinski definition) is 5. The minimum absolute atomic E-state index is 0. The predicted molar refractivity (Wildman–Crippen MR) is 67.7 cm³/mol. The molecule has 1 amide bonds. The highest BCUT2D eigenvalue weighted by Crippen LogP contribution is 2.25. The first-order chi connectivity index (χ1) is 8.43. The molecule has 0 saturated heterocycles. The van der Waals surface area contributed by atoms with Gasteiger partial charge in [0.1, 0.15) is 6.04 Å². The first-order valence-corrected chi connectivity index (χ1v) is 5.02. The summed E-state index contributed by atoms with van der Waals surface area (Å²) in [4.78, 5) is 21.9. The van der Waals surface area contributed by atoms with Crippen LogP contribution in [0.5, 0.6) is 11.5 Å². The van der Waals surface area contributed by atoms with E-state index in [4.69, 9.17) is 10.2 Å². The number of aliphatic carboxylic acids is 1. The number of carbonyl (C=O) groups is 2. The van der Waals surface area contributed by atoms with Crippen LogP contribution in [0.2, 0.25) is 0 Å². The van der Waals surface area contributed by atoms with Gasteiger partial charge in [-0.25, -0.2) is 9.59 Å². The van der Waals surface area contributed by atoms with Crippen molar-refractivity contribution in [1.82, 2.24) is 5.32 Å². The van der Waals surface area contributed by atoms with E-state index in [2.05, 4.69) is 10.1 Å². The summed E-state index contributed by atoms with van der Waals surface area (Å²) in [5.41, 5.74) is 0.453. The predicted octanol–water partition coefficient (Wildman–Crippen LogP) is 0.871. The molecule has 106 valence electrons. The summed E-state index contributed by atoms with van der Waals surface area (Å²) in [6, 6.07) is 2.73. The lowest BCUT2D eigenvalue weighted by Crippen LogP contribution is -2.42. The average molecular weight is 292 g/mol. The van der Waals surface area contributed by atoms with Crippen LogP contribution in [0.25, 0.3) is 0 Å². The number of rotatable bonds is 4. The normalized spacial score (nSPS) is 11.0. The summed E-state index contributed by atoms with van der Waals surface area (Å²) in [5.74, 6) is -1.88. The topological polar surface area (TPSA) is 116 Å². The van der Waals surface area contributed by atoms with Crippen LogP contribution in [0.15, 0.2) is 18.2 Å². The van der Waals surface area contributed by atoms with E-state index in [1.54, 1.807) is 0 Å². The molecule has 0 aliphatic rings. The van der Waals surface area contributed by atoms with E-state index in [1.165, 1.54) is 18.2 Å². The standard InChI is InChI=1S/C11H13NO6.ClH/c1-18-11(17)12-7(10(15)16)4-6-2-3-8(13)9(14)5-6;/h2-3,5,7,13-14H,4H2,1H3,(H,12,17)(H,15,16);1H/t7-;/m0./s1. The number of ether oxygens (including phenoxy) is 1. The van der Waals surface area contributed by atoms with Gasteiger partial charge < -0.3 is 25.4 Å². The number of carboxylic acids is 1. The van der Waals surface area contributed by atoms with Crippen LogP contribution in [0.4, 0.5) is 4.79 Å². The number of halogens is 1. The van der Waals surface area contributed by atoms with Crippen molar-refractivity contribution >= 4 is 24.5 Å². The van der Waals surface area contributed by atoms with Gasteiger partial charge in [-0.1, -0.05) is 6.07 Å². The van der Waals surface area contributed by atoms with Gasteiger partial charge in [0.15, 0.2) is 11.5 Å². The van der Waals surface area contributed by atoms with Crippen molar-refractivity contribution in [2.45, 2.75) is 12.5 Å². The van der Waals surface area contributed by atoms with Crippen molar-refractivity contribution in [3.63, 3.8) is 0 Å². The SMILES string of the molecule is COC(=O)N[C@@H](Cc1ccc(O)c(O)c1)C(=O)O.Cl. The van der Waals surface area contributed by atoms with Crippen LogP contribution in [0.1, 0.15) is 5.56 Å². The molecule has 0 aromatic heterocycles. The maximum absolute atomic E-state index is 11.0. The Morgan fingerprint density at radius 3 is 2.42 bits per heavy atom. The third-order valence-corrected chi connectivity index (χ3v) is 2.26. The van der Waals surface area contributed by atoms with Gasteiger partial charge in [-0.05, 0) is 17.7 Å². The fourth-order valence-electron chi connectivity index (χ4n) is 1.33. The van der Waals surface area contributed by atoms with E-state index < -0.39 is 18.1 Å². The fraction of sp³-hybridized carbons (Fsp3) is 0.273. The van der Waals surface area contributed by atoms with Gasteiger partial charge in [0.2, 0.25) is 0 Å². The third-order valence-electron chi connectivity index (χ3n) is 2.26. The summed E-state index contributed by atoms with van der Waals surface area (Å²) in [6.07, 6.45) is -0.899. The maximum Gasteiger partial charge on any atom is 0.407 e. The highest BCUT2D eigenvalue weighted by atomic mass is 35.5. The molecule has 0 fully saturated rings. The second kappa shape index (κ2) is 7.32. The number of aromatic hydroxyl groups is 2. The Balaban J connectivity index is 0.00000324. The second-order valence-electron chi connectivity index (χ2n) is 3.55. The summed E-state index contributed by atoms with van der Waals surface area (Å²) >= 11 is 0. The van der Waals surface area contributed by atoms with Crippen molar-refractivity contribution in [2.75, 3.05) is 7.11 Å². The number of benzene rings is 1. The van der Waals surface area contributed by atoms with Crippen molar-refractivity contribution in [3.05, 3.63) is 23.8 Å². The molecule has 0 spiro atoms. The van der Waals surface area contributed by atoms with Crippen LogP contribution in [0, 0.1) is 0 Å². The Morgan fingerprint density at radius 2 is 1.95 bits per heavy atom. The minimum Gasteiger partial charge on any atom is -0.504 e. The highest BCUT2D eigenvalue weighted by molar-refractivity contribution is 5.85. The lowest BCUT2D eigenvalue weighted by Gasteiger charge is -2.13. The van der Waals surface area contributed by atoms with Gasteiger partial charge in [-0.3, -0.25) is 0 Å². The van der Waals surface area contributed by atoms with E-state index in [0.29, 0.717) is 5.56 Å². The first kappa shape index (κ1) is 16.9. The Labute approximate surface area is 115 Å². The zero-order valence-electron chi connectivity index (χ0n) is 9.99. The van der Waals surface area contributed by atoms with Gasteiger partial charge in [-0.15, -0.1) is 12.4 Å². The zero-order valence-corrected chi connectivity index (χ0v) is 10.8. The molecule has 0 unspecified atom stereocenters. The lowest BCUT2D eigenvalue weighted by molar-refractivity contribution is -0.139. The Bertz CT molecular complexity index is 464. The fourth-order valence-corrected chi connectivity index (χ4v) is 1.33. The summed E-state index contributed by atoms with van der Waals surface area (Å²) in [7, 11) is 1.13. The highest BCUT2D eigenvalue weighted by Gasteiger charge is 2.21. The number of hydrogen-bond donors (Lipinski definition) is 4. The largest absolute Gasteiger partial charge is 0.504 e. The lowest BCUT2D eigenvalue weighted by atomic mass is 10.1. The molecule has 1 aromatic carbocycles. The number of alkyl carbamates (subject to hydrolysis) is 1. The van der Waals surface area contributed by atoms with Crippen molar-refractivity contribution in [2.24, 2.45) is 0 Å². The summed E-state index contributed by atoms with van der Waals surface area (Å²) in [6.45, 7) is 0. The van der Waals surface area contributed by atoms with Crippen LogP contribution in [0.3, 0.4) is 0 Å². The van der Waals surface area contributed by atoms with Crippen LogP contribution in [-0.4, -0.2) is 40.5 Å². The molecule has 0 heterocycles. The van der Waals surface area contributed by atoms with Gasteiger partial charge in [0.05, 0.1) is 7.11 Å². The molecule has 0 aliphatic heterocycles. The van der Waals surface area contributed by atoms with Gasteiger partial charge in [0.25, 0.3) is 0 Å². The molecule has 7 nitrogen and oxygen atoms in total. The Morgan fingerprint density at radius 1 is 1.32 bits per heavy atom. The molecule has 4 N–H and O–H groups in total. The van der Waals surface area contributed by atoms with E-state index >= 15 is 0 Å². The maximum atomic E-state index is 11.0. The van der Waals surface area contributed by atoms with Crippen molar-refractivity contribution in [3.8, 4) is 11.5 Å². The average Bonchev–Trinajstić information content (AvgIpc) is 2.32. The molecule has 1 aromatic rings.